The number of benzene rings is 2. The first kappa shape index (κ1) is 13.5. The highest BCUT2D eigenvalue weighted by Crippen LogP contribution is 2.29. The Kier molecular flexibility index (Phi) is 3.62. The van der Waals surface area contributed by atoms with Gasteiger partial charge in [-0.3, -0.25) is 10.1 Å². The number of rotatable bonds is 3. The number of aryl methyl sites for hydroxylation is 1. The van der Waals surface area contributed by atoms with Crippen molar-refractivity contribution in [3.05, 3.63) is 63.5 Å². The Bertz CT molecular complexity index is 723. The van der Waals surface area contributed by atoms with Crippen LogP contribution >= 0.6 is 0 Å². The first-order valence-corrected chi connectivity index (χ1v) is 5.63. The van der Waals surface area contributed by atoms with Gasteiger partial charge in [-0.1, -0.05) is 0 Å². The van der Waals surface area contributed by atoms with Gasteiger partial charge in [0, 0.05) is 12.1 Å². The van der Waals surface area contributed by atoms with Crippen LogP contribution < -0.4 is 4.74 Å². The number of nitro benzene ring substituents is 1. The SMILES string of the molecule is Cc1ccc([N+](=O)[O-])cc1Oc1cc(F)cc(C#N)c1. The topological polar surface area (TPSA) is 76.2 Å². The first-order chi connectivity index (χ1) is 9.49. The number of hydrogen-bond acceptors (Lipinski definition) is 4. The fourth-order valence-electron chi connectivity index (χ4n) is 1.63. The quantitative estimate of drug-likeness (QED) is 0.630. The molecule has 2 aromatic rings. The summed E-state index contributed by atoms with van der Waals surface area (Å²) in [6.45, 7) is 1.71. The third-order valence-corrected chi connectivity index (χ3v) is 2.61. The normalized spacial score (nSPS) is 9.85. The summed E-state index contributed by atoms with van der Waals surface area (Å²) in [5, 5.41) is 19.5. The fourth-order valence-corrected chi connectivity index (χ4v) is 1.63. The van der Waals surface area contributed by atoms with Gasteiger partial charge in [0.15, 0.2) is 0 Å². The largest absolute Gasteiger partial charge is 0.457 e. The molecule has 0 radical (unpaired) electrons. The molecule has 0 aliphatic rings. The van der Waals surface area contributed by atoms with Crippen molar-refractivity contribution in [1.82, 2.24) is 0 Å². The van der Waals surface area contributed by atoms with Crippen LogP contribution in [0.2, 0.25) is 0 Å². The Morgan fingerprint density at radius 1 is 1.30 bits per heavy atom. The molecular formula is C14H9FN2O3. The number of nitrogens with zero attached hydrogens (tertiary/aromatic N) is 2. The number of nitro groups is 1. The van der Waals surface area contributed by atoms with Gasteiger partial charge in [0.05, 0.1) is 22.6 Å². The summed E-state index contributed by atoms with van der Waals surface area (Å²) >= 11 is 0. The Labute approximate surface area is 114 Å². The van der Waals surface area contributed by atoms with Gasteiger partial charge in [-0.15, -0.1) is 0 Å². The van der Waals surface area contributed by atoms with E-state index in [1.807, 2.05) is 6.07 Å². The van der Waals surface area contributed by atoms with E-state index in [2.05, 4.69) is 0 Å². The van der Waals surface area contributed by atoms with Crippen LogP contribution in [0, 0.1) is 34.2 Å². The standard InChI is InChI=1S/C14H9FN2O3/c1-9-2-3-12(17(18)19)7-14(9)20-13-5-10(8-16)4-11(15)6-13/h2-7H,1H3. The number of hydrogen-bond donors (Lipinski definition) is 0. The summed E-state index contributed by atoms with van der Waals surface area (Å²) in [5.41, 5.74) is 0.656. The maximum atomic E-state index is 13.3. The van der Waals surface area contributed by atoms with E-state index in [0.29, 0.717) is 5.56 Å². The summed E-state index contributed by atoms with van der Waals surface area (Å²) < 4.78 is 18.7. The fraction of sp³-hybridized carbons (Fsp3) is 0.0714. The van der Waals surface area contributed by atoms with Crippen molar-refractivity contribution in [1.29, 1.82) is 5.26 Å². The zero-order valence-electron chi connectivity index (χ0n) is 10.5. The zero-order valence-corrected chi connectivity index (χ0v) is 10.5. The van der Waals surface area contributed by atoms with Crippen LogP contribution in [0.25, 0.3) is 0 Å². The third kappa shape index (κ3) is 2.90. The molecule has 2 rings (SSSR count). The van der Waals surface area contributed by atoms with E-state index in [-0.39, 0.29) is 22.7 Å². The van der Waals surface area contributed by atoms with Gasteiger partial charge in [0.25, 0.3) is 5.69 Å². The van der Waals surface area contributed by atoms with Crippen LogP contribution in [0.3, 0.4) is 0 Å². The van der Waals surface area contributed by atoms with E-state index in [9.17, 15) is 14.5 Å². The van der Waals surface area contributed by atoms with Gasteiger partial charge in [-0.2, -0.15) is 5.26 Å². The lowest BCUT2D eigenvalue weighted by Crippen LogP contribution is -1.93. The lowest BCUT2D eigenvalue weighted by Gasteiger charge is -2.08. The van der Waals surface area contributed by atoms with Gasteiger partial charge in [0.2, 0.25) is 0 Å². The predicted octanol–water partition coefficient (Wildman–Crippen LogP) is 3.71. The van der Waals surface area contributed by atoms with Gasteiger partial charge in [-0.25, -0.2) is 4.39 Å². The van der Waals surface area contributed by atoms with E-state index in [1.54, 1.807) is 6.92 Å². The van der Waals surface area contributed by atoms with Crippen molar-refractivity contribution in [3.8, 4) is 17.6 Å². The number of non-ortho nitro benzene ring substituents is 1. The molecule has 0 aromatic heterocycles. The second-order valence-corrected chi connectivity index (χ2v) is 4.10. The van der Waals surface area contributed by atoms with Crippen molar-refractivity contribution >= 4 is 5.69 Å². The Morgan fingerprint density at radius 3 is 2.70 bits per heavy atom. The minimum absolute atomic E-state index is 0.114. The molecule has 0 amide bonds. The number of ether oxygens (including phenoxy) is 1. The summed E-state index contributed by atoms with van der Waals surface area (Å²) in [6, 6.07) is 9.51. The summed E-state index contributed by atoms with van der Waals surface area (Å²) in [6.07, 6.45) is 0. The molecule has 0 atom stereocenters. The molecule has 6 heteroatoms. The average molecular weight is 272 g/mol. The predicted molar refractivity (Wildman–Crippen MR) is 69.0 cm³/mol. The molecule has 20 heavy (non-hydrogen) atoms. The summed E-state index contributed by atoms with van der Waals surface area (Å²) in [7, 11) is 0. The van der Waals surface area contributed by atoms with Crippen molar-refractivity contribution < 1.29 is 14.1 Å². The molecule has 5 nitrogen and oxygen atoms in total. The van der Waals surface area contributed by atoms with E-state index >= 15 is 0 Å². The van der Waals surface area contributed by atoms with Crippen molar-refractivity contribution in [3.63, 3.8) is 0 Å². The minimum atomic E-state index is -0.609. The van der Waals surface area contributed by atoms with Crippen LogP contribution in [-0.2, 0) is 0 Å². The molecule has 0 saturated heterocycles. The summed E-state index contributed by atoms with van der Waals surface area (Å²) in [4.78, 5) is 10.2. The Balaban J connectivity index is 2.39. The van der Waals surface area contributed by atoms with Gasteiger partial charge < -0.3 is 4.74 Å². The molecular weight excluding hydrogens is 263 g/mol. The molecule has 0 bridgehead atoms. The lowest BCUT2D eigenvalue weighted by molar-refractivity contribution is -0.384. The van der Waals surface area contributed by atoms with Crippen LogP contribution in [-0.4, -0.2) is 4.92 Å². The molecule has 0 aliphatic carbocycles. The maximum absolute atomic E-state index is 13.3. The highest BCUT2D eigenvalue weighted by atomic mass is 19.1. The van der Waals surface area contributed by atoms with Crippen LogP contribution in [0.15, 0.2) is 36.4 Å². The van der Waals surface area contributed by atoms with Gasteiger partial charge in [0.1, 0.15) is 17.3 Å². The van der Waals surface area contributed by atoms with Gasteiger partial charge in [-0.05, 0) is 30.7 Å². The van der Waals surface area contributed by atoms with E-state index in [4.69, 9.17) is 10.00 Å². The monoisotopic (exact) mass is 272 g/mol. The van der Waals surface area contributed by atoms with Crippen molar-refractivity contribution in [2.24, 2.45) is 0 Å². The maximum Gasteiger partial charge on any atom is 0.273 e. The second kappa shape index (κ2) is 5.36. The second-order valence-electron chi connectivity index (χ2n) is 4.10. The van der Waals surface area contributed by atoms with Crippen LogP contribution in [0.5, 0.6) is 11.5 Å². The molecule has 2 aromatic carbocycles. The number of nitriles is 1. The average Bonchev–Trinajstić information content (AvgIpc) is 2.40. The van der Waals surface area contributed by atoms with Crippen LogP contribution in [0.1, 0.15) is 11.1 Å². The van der Waals surface area contributed by atoms with Crippen molar-refractivity contribution in [2.45, 2.75) is 6.92 Å². The minimum Gasteiger partial charge on any atom is -0.457 e. The van der Waals surface area contributed by atoms with E-state index in [1.165, 1.54) is 24.3 Å². The third-order valence-electron chi connectivity index (χ3n) is 2.61. The van der Waals surface area contributed by atoms with Crippen LogP contribution in [0.4, 0.5) is 10.1 Å². The smallest absolute Gasteiger partial charge is 0.273 e. The van der Waals surface area contributed by atoms with Gasteiger partial charge >= 0.3 is 0 Å². The molecule has 0 spiro atoms. The molecule has 0 saturated carbocycles. The molecule has 0 N–H and O–H groups in total. The Hall–Kier alpha value is -2.94. The zero-order chi connectivity index (χ0) is 14.7. The van der Waals surface area contributed by atoms with Crippen molar-refractivity contribution in [2.75, 3.05) is 0 Å². The first-order valence-electron chi connectivity index (χ1n) is 5.63. The highest BCUT2D eigenvalue weighted by Gasteiger charge is 2.11. The molecule has 0 unspecified atom stereocenters. The Morgan fingerprint density at radius 2 is 2.05 bits per heavy atom. The molecule has 0 heterocycles. The molecule has 100 valence electrons. The van der Waals surface area contributed by atoms with E-state index in [0.717, 1.165) is 12.1 Å². The summed E-state index contributed by atoms with van der Waals surface area (Å²) in [5.74, 6) is -0.249. The molecule has 0 fully saturated rings. The number of halogens is 1. The molecule has 0 aliphatic heterocycles. The highest BCUT2D eigenvalue weighted by molar-refractivity contribution is 5.47. The van der Waals surface area contributed by atoms with E-state index < -0.39 is 10.7 Å². The lowest BCUT2D eigenvalue weighted by atomic mass is 10.2.